The van der Waals surface area contributed by atoms with Gasteiger partial charge in [0.05, 0.1) is 5.37 Å². The molecule has 0 amide bonds. The van der Waals surface area contributed by atoms with E-state index in [4.69, 9.17) is 0 Å². The smallest absolute Gasteiger partial charge is 0.0926 e. The molecule has 0 aromatic carbocycles. The molecule has 7 heavy (non-hydrogen) atoms. The van der Waals surface area contributed by atoms with E-state index in [1.54, 1.807) is 0 Å². The molecule has 2 heteroatoms. The second-order valence-electron chi connectivity index (χ2n) is 1.74. The van der Waals surface area contributed by atoms with Crippen LogP contribution in [-0.2, 0) is 0 Å². The normalized spacial score (nSPS) is 39.7. The Morgan fingerprint density at radius 3 is 2.43 bits per heavy atom. The molecule has 2 atom stereocenters. The minimum atomic E-state index is 0.509. The van der Waals surface area contributed by atoms with Crippen LogP contribution in [0.3, 0.4) is 0 Å². The molecule has 0 saturated carbocycles. The fraction of sp³-hybridized carbons (Fsp3) is 0.800. The van der Waals surface area contributed by atoms with Crippen molar-refractivity contribution in [3.8, 4) is 0 Å². The van der Waals surface area contributed by atoms with Crippen molar-refractivity contribution in [1.29, 1.82) is 0 Å². The highest BCUT2D eigenvalue weighted by Crippen LogP contribution is 2.21. The van der Waals surface area contributed by atoms with Gasteiger partial charge < -0.3 is 0 Å². The molecule has 40 valence electrons. The molecule has 1 aliphatic rings. The van der Waals surface area contributed by atoms with E-state index in [9.17, 15) is 0 Å². The van der Waals surface area contributed by atoms with E-state index in [0.717, 1.165) is 0 Å². The molecular weight excluding hydrogens is 106 g/mol. The van der Waals surface area contributed by atoms with Gasteiger partial charge in [-0.3, -0.25) is 4.99 Å². The first-order valence-electron chi connectivity index (χ1n) is 2.48. The van der Waals surface area contributed by atoms with Crippen molar-refractivity contribution in [3.63, 3.8) is 0 Å². The van der Waals surface area contributed by atoms with Crippen LogP contribution in [0.4, 0.5) is 0 Å². The van der Waals surface area contributed by atoms with Gasteiger partial charge in [-0.1, -0.05) is 0 Å². The van der Waals surface area contributed by atoms with Crippen molar-refractivity contribution in [3.05, 3.63) is 0 Å². The molecule has 2 unspecified atom stereocenters. The molecule has 0 radical (unpaired) electrons. The summed E-state index contributed by atoms with van der Waals surface area (Å²) in [6.07, 6.45) is 2.01. The average molecular weight is 115 g/mol. The minimum Gasteiger partial charge on any atom is -0.283 e. The molecule has 1 heterocycles. The predicted molar refractivity (Wildman–Crippen MR) is 35.0 cm³/mol. The first-order valence-corrected chi connectivity index (χ1v) is 3.42. The SMILES string of the molecule is CC1C=NC(C)S1. The van der Waals surface area contributed by atoms with Gasteiger partial charge in [0, 0.05) is 11.5 Å². The highest BCUT2D eigenvalue weighted by atomic mass is 32.2. The zero-order chi connectivity index (χ0) is 5.28. The van der Waals surface area contributed by atoms with E-state index in [-0.39, 0.29) is 0 Å². The molecule has 1 aliphatic heterocycles. The van der Waals surface area contributed by atoms with Gasteiger partial charge in [-0.2, -0.15) is 0 Å². The third-order valence-electron chi connectivity index (χ3n) is 0.918. The number of hydrogen-bond donors (Lipinski definition) is 0. The van der Waals surface area contributed by atoms with Crippen molar-refractivity contribution < 1.29 is 0 Å². The molecule has 0 aliphatic carbocycles. The molecular formula is C5H9NS. The second-order valence-corrected chi connectivity index (χ2v) is 3.44. The van der Waals surface area contributed by atoms with Crippen LogP contribution in [0.5, 0.6) is 0 Å². The Labute approximate surface area is 48.2 Å². The van der Waals surface area contributed by atoms with Crippen LogP contribution in [0, 0.1) is 0 Å². The maximum absolute atomic E-state index is 4.16. The summed E-state index contributed by atoms with van der Waals surface area (Å²) < 4.78 is 0. The lowest BCUT2D eigenvalue weighted by Gasteiger charge is -1.95. The Morgan fingerprint density at radius 1 is 1.57 bits per heavy atom. The highest BCUT2D eigenvalue weighted by molar-refractivity contribution is 8.01. The van der Waals surface area contributed by atoms with Crippen molar-refractivity contribution >= 4 is 18.0 Å². The summed E-state index contributed by atoms with van der Waals surface area (Å²) in [7, 11) is 0. The van der Waals surface area contributed by atoms with Crippen LogP contribution in [0.15, 0.2) is 4.99 Å². The van der Waals surface area contributed by atoms with E-state index in [1.807, 2.05) is 18.0 Å². The van der Waals surface area contributed by atoms with E-state index in [1.165, 1.54) is 0 Å². The summed E-state index contributed by atoms with van der Waals surface area (Å²) in [5.41, 5.74) is 0. The summed E-state index contributed by atoms with van der Waals surface area (Å²) in [6, 6.07) is 0. The summed E-state index contributed by atoms with van der Waals surface area (Å²) in [5.74, 6) is 0. The van der Waals surface area contributed by atoms with E-state index in [0.29, 0.717) is 10.6 Å². The maximum Gasteiger partial charge on any atom is 0.0926 e. The van der Waals surface area contributed by atoms with E-state index >= 15 is 0 Å². The van der Waals surface area contributed by atoms with Crippen LogP contribution in [0.25, 0.3) is 0 Å². The van der Waals surface area contributed by atoms with Gasteiger partial charge in [-0.15, -0.1) is 11.8 Å². The molecule has 1 nitrogen and oxygen atoms in total. The van der Waals surface area contributed by atoms with Crippen molar-refractivity contribution in [1.82, 2.24) is 0 Å². The van der Waals surface area contributed by atoms with Crippen molar-refractivity contribution in [2.24, 2.45) is 4.99 Å². The van der Waals surface area contributed by atoms with Gasteiger partial charge in [-0.05, 0) is 13.8 Å². The lowest BCUT2D eigenvalue weighted by atomic mass is 10.5. The lowest BCUT2D eigenvalue weighted by Crippen LogP contribution is -1.90. The van der Waals surface area contributed by atoms with Crippen LogP contribution < -0.4 is 0 Å². The van der Waals surface area contributed by atoms with Gasteiger partial charge in [-0.25, -0.2) is 0 Å². The highest BCUT2D eigenvalue weighted by Gasteiger charge is 2.10. The number of hydrogen-bond acceptors (Lipinski definition) is 2. The second kappa shape index (κ2) is 1.86. The predicted octanol–water partition coefficient (Wildman–Crippen LogP) is 1.54. The standard InChI is InChI=1S/C5H9NS/c1-4-3-6-5(2)7-4/h3-5H,1-2H3. The Kier molecular flexibility index (Phi) is 1.38. The first-order chi connectivity index (χ1) is 3.29. The van der Waals surface area contributed by atoms with Gasteiger partial charge in [0.1, 0.15) is 0 Å². The number of nitrogens with zero attached hydrogens (tertiary/aromatic N) is 1. The fourth-order valence-corrected chi connectivity index (χ4v) is 1.53. The Bertz CT molecular complexity index is 80.1. The molecule has 0 aromatic rings. The maximum atomic E-state index is 4.16. The molecule has 0 saturated heterocycles. The molecule has 0 N–H and O–H groups in total. The average Bonchev–Trinajstić information content (AvgIpc) is 1.87. The number of aliphatic imine (C=N–C) groups is 1. The zero-order valence-electron chi connectivity index (χ0n) is 4.59. The molecule has 0 spiro atoms. The van der Waals surface area contributed by atoms with Gasteiger partial charge in [0.25, 0.3) is 0 Å². The van der Waals surface area contributed by atoms with Crippen molar-refractivity contribution in [2.75, 3.05) is 0 Å². The van der Waals surface area contributed by atoms with Gasteiger partial charge in [0.15, 0.2) is 0 Å². The Morgan fingerprint density at radius 2 is 2.29 bits per heavy atom. The molecule has 0 aromatic heterocycles. The quantitative estimate of drug-likeness (QED) is 0.466. The van der Waals surface area contributed by atoms with Gasteiger partial charge in [0.2, 0.25) is 0 Å². The van der Waals surface area contributed by atoms with Gasteiger partial charge >= 0.3 is 0 Å². The van der Waals surface area contributed by atoms with Crippen LogP contribution in [0.1, 0.15) is 13.8 Å². The van der Waals surface area contributed by atoms with E-state index in [2.05, 4.69) is 18.8 Å². The minimum absolute atomic E-state index is 0.509. The lowest BCUT2D eigenvalue weighted by molar-refractivity contribution is 1.07. The van der Waals surface area contributed by atoms with Crippen LogP contribution in [0.2, 0.25) is 0 Å². The fourth-order valence-electron chi connectivity index (χ4n) is 0.623. The molecule has 0 fully saturated rings. The third kappa shape index (κ3) is 1.20. The van der Waals surface area contributed by atoms with E-state index < -0.39 is 0 Å². The van der Waals surface area contributed by atoms with Crippen LogP contribution in [-0.4, -0.2) is 16.8 Å². The summed E-state index contributed by atoms with van der Waals surface area (Å²) in [6.45, 7) is 4.28. The number of thioether (sulfide) groups is 1. The van der Waals surface area contributed by atoms with Crippen LogP contribution >= 0.6 is 11.8 Å². The monoisotopic (exact) mass is 115 g/mol. The molecule has 0 bridgehead atoms. The first kappa shape index (κ1) is 5.16. The largest absolute Gasteiger partial charge is 0.283 e. The topological polar surface area (TPSA) is 12.4 Å². The summed E-state index contributed by atoms with van der Waals surface area (Å²) in [4.78, 5) is 4.16. The Balaban J connectivity index is 2.42. The summed E-state index contributed by atoms with van der Waals surface area (Å²) >= 11 is 1.90. The van der Waals surface area contributed by atoms with Crippen molar-refractivity contribution in [2.45, 2.75) is 24.5 Å². The third-order valence-corrected chi connectivity index (χ3v) is 1.98. The number of rotatable bonds is 0. The Hall–Kier alpha value is 0.0200. The summed E-state index contributed by atoms with van der Waals surface area (Å²) in [5, 5.41) is 1.16. The molecule has 1 rings (SSSR count). The zero-order valence-corrected chi connectivity index (χ0v) is 5.40.